The van der Waals surface area contributed by atoms with E-state index in [-0.39, 0.29) is 0 Å². The highest BCUT2D eigenvalue weighted by atomic mass is 16.4. The zero-order chi connectivity index (χ0) is 8.27. The first kappa shape index (κ1) is 7.84. The van der Waals surface area contributed by atoms with Crippen molar-refractivity contribution in [2.45, 2.75) is 18.9 Å². The fourth-order valence-electron chi connectivity index (χ4n) is 1.26. The summed E-state index contributed by atoms with van der Waals surface area (Å²) >= 11 is 0. The van der Waals surface area contributed by atoms with Crippen molar-refractivity contribution in [2.75, 3.05) is 6.54 Å². The summed E-state index contributed by atoms with van der Waals surface area (Å²) < 4.78 is 0. The lowest BCUT2D eigenvalue weighted by Gasteiger charge is -2.15. The van der Waals surface area contributed by atoms with Gasteiger partial charge < -0.3 is 15.2 Å². The highest BCUT2D eigenvalue weighted by molar-refractivity contribution is 5.77. The molecule has 11 heavy (non-hydrogen) atoms. The molecular weight excluding hydrogens is 148 g/mol. The Bertz CT molecular complexity index is 181. The number of likely N-dealkylation sites (tertiary alicyclic amines) is 1. The molecule has 0 spiro atoms. The van der Waals surface area contributed by atoms with Crippen LogP contribution in [0.15, 0.2) is 5.16 Å². The first-order valence-electron chi connectivity index (χ1n) is 3.42. The fourth-order valence-corrected chi connectivity index (χ4v) is 1.26. The molecule has 0 aromatic carbocycles. The summed E-state index contributed by atoms with van der Waals surface area (Å²) in [6.07, 6.45) is 2.62. The normalized spacial score (nSPS) is 24.7. The van der Waals surface area contributed by atoms with E-state index in [1.54, 1.807) is 0 Å². The smallest absolute Gasteiger partial charge is 0.326 e. The van der Waals surface area contributed by atoms with E-state index >= 15 is 0 Å². The molecule has 1 unspecified atom stereocenters. The van der Waals surface area contributed by atoms with E-state index in [4.69, 9.17) is 10.3 Å². The average Bonchev–Trinajstić information content (AvgIpc) is 2.36. The summed E-state index contributed by atoms with van der Waals surface area (Å²) in [6.45, 7) is 0.654. The molecule has 0 bridgehead atoms. The minimum absolute atomic E-state index is 0.508. The number of aliphatic carboxylic acids is 1. The molecule has 0 aromatic rings. The van der Waals surface area contributed by atoms with Gasteiger partial charge in [0.25, 0.3) is 0 Å². The first-order chi connectivity index (χ1) is 5.25. The molecule has 1 fully saturated rings. The first-order valence-corrected chi connectivity index (χ1v) is 3.42. The van der Waals surface area contributed by atoms with Crippen LogP contribution in [-0.2, 0) is 4.79 Å². The van der Waals surface area contributed by atoms with Gasteiger partial charge in [0.2, 0.25) is 0 Å². The summed E-state index contributed by atoms with van der Waals surface area (Å²) in [5.41, 5.74) is 0. The van der Waals surface area contributed by atoms with Crippen molar-refractivity contribution in [3.8, 4) is 0 Å². The highest BCUT2D eigenvalue weighted by Crippen LogP contribution is 2.14. The van der Waals surface area contributed by atoms with Crippen molar-refractivity contribution in [1.29, 1.82) is 0 Å². The van der Waals surface area contributed by atoms with Crippen LogP contribution in [0, 0.1) is 0 Å². The third-order valence-corrected chi connectivity index (χ3v) is 1.78. The van der Waals surface area contributed by atoms with Crippen LogP contribution in [0.3, 0.4) is 0 Å². The molecule has 0 radical (unpaired) electrons. The third-order valence-electron chi connectivity index (χ3n) is 1.78. The molecule has 2 N–H and O–H groups in total. The quantitative estimate of drug-likeness (QED) is 0.256. The predicted octanol–water partition coefficient (Wildman–Crippen LogP) is -0.0471. The molecule has 0 saturated carbocycles. The van der Waals surface area contributed by atoms with E-state index in [0.29, 0.717) is 13.0 Å². The maximum absolute atomic E-state index is 10.5. The van der Waals surface area contributed by atoms with Gasteiger partial charge in [-0.15, -0.1) is 0 Å². The van der Waals surface area contributed by atoms with E-state index in [1.807, 2.05) is 0 Å². The van der Waals surface area contributed by atoms with Crippen LogP contribution < -0.4 is 0 Å². The number of carbonyl (C=O) groups is 1. The molecule has 0 amide bonds. The van der Waals surface area contributed by atoms with Crippen LogP contribution in [0.25, 0.3) is 0 Å². The van der Waals surface area contributed by atoms with Crippen molar-refractivity contribution in [2.24, 2.45) is 5.16 Å². The molecule has 1 heterocycles. The molecule has 0 aliphatic carbocycles. The average molecular weight is 158 g/mol. The van der Waals surface area contributed by atoms with E-state index in [9.17, 15) is 4.79 Å². The van der Waals surface area contributed by atoms with Gasteiger partial charge in [-0.3, -0.25) is 0 Å². The van der Waals surface area contributed by atoms with Crippen molar-refractivity contribution in [3.63, 3.8) is 0 Å². The maximum Gasteiger partial charge on any atom is 0.326 e. The van der Waals surface area contributed by atoms with E-state index < -0.39 is 12.0 Å². The Morgan fingerprint density at radius 3 is 3.00 bits per heavy atom. The maximum atomic E-state index is 10.5. The molecule has 1 rings (SSSR count). The molecule has 1 aliphatic heterocycles. The molecule has 0 aromatic heterocycles. The third kappa shape index (κ3) is 1.60. The lowest BCUT2D eigenvalue weighted by atomic mass is 10.2. The van der Waals surface area contributed by atoms with Crippen LogP contribution in [0.1, 0.15) is 12.8 Å². The van der Waals surface area contributed by atoms with Gasteiger partial charge in [0.15, 0.2) is 0 Å². The Morgan fingerprint density at radius 2 is 2.45 bits per heavy atom. The number of hydrogen-bond donors (Lipinski definition) is 2. The van der Waals surface area contributed by atoms with Crippen molar-refractivity contribution in [1.82, 2.24) is 4.90 Å². The van der Waals surface area contributed by atoms with Crippen LogP contribution >= 0.6 is 0 Å². The number of carboxylic acid groups (broad SMARTS) is 1. The van der Waals surface area contributed by atoms with E-state index in [1.165, 1.54) is 4.90 Å². The zero-order valence-corrected chi connectivity index (χ0v) is 5.97. The minimum atomic E-state index is -0.859. The van der Waals surface area contributed by atoms with Crippen LogP contribution in [0.5, 0.6) is 0 Å². The topological polar surface area (TPSA) is 73.1 Å². The molecular formula is C6H10N2O3. The van der Waals surface area contributed by atoms with Gasteiger partial charge in [0, 0.05) is 6.54 Å². The summed E-state index contributed by atoms with van der Waals surface area (Å²) in [6, 6.07) is -0.508. The number of hydrogen-bond acceptors (Lipinski definition) is 3. The van der Waals surface area contributed by atoms with Gasteiger partial charge in [0.05, 0.1) is 0 Å². The molecule has 62 valence electrons. The Labute approximate surface area is 63.9 Å². The Kier molecular flexibility index (Phi) is 2.30. The van der Waals surface area contributed by atoms with E-state index in [0.717, 1.165) is 12.8 Å². The lowest BCUT2D eigenvalue weighted by molar-refractivity contribution is -0.140. The highest BCUT2D eigenvalue weighted by Gasteiger charge is 2.28. The van der Waals surface area contributed by atoms with Gasteiger partial charge in [-0.25, -0.2) is 4.79 Å². The zero-order valence-electron chi connectivity index (χ0n) is 5.97. The van der Waals surface area contributed by atoms with Crippen molar-refractivity contribution in [3.05, 3.63) is 0 Å². The SMILES string of the molecule is O=C(O)C1CCCN1/C=N/O. The largest absolute Gasteiger partial charge is 0.480 e. The Hall–Kier alpha value is -1.26. The van der Waals surface area contributed by atoms with Gasteiger partial charge in [-0.1, -0.05) is 5.16 Å². The summed E-state index contributed by atoms with van der Waals surface area (Å²) in [5.74, 6) is -0.859. The number of nitrogens with zero attached hydrogens (tertiary/aromatic N) is 2. The van der Waals surface area contributed by atoms with Gasteiger partial charge in [-0.05, 0) is 12.8 Å². The molecule has 5 heteroatoms. The van der Waals surface area contributed by atoms with Crippen LogP contribution in [0.2, 0.25) is 0 Å². The van der Waals surface area contributed by atoms with Crippen molar-refractivity contribution >= 4 is 12.3 Å². The lowest BCUT2D eigenvalue weighted by Crippen LogP contribution is -2.34. The fraction of sp³-hybridized carbons (Fsp3) is 0.667. The Balaban J connectivity index is 2.57. The number of oxime groups is 1. The summed E-state index contributed by atoms with van der Waals surface area (Å²) in [5, 5.41) is 19.6. The predicted molar refractivity (Wildman–Crippen MR) is 37.6 cm³/mol. The van der Waals surface area contributed by atoms with Gasteiger partial charge in [-0.2, -0.15) is 0 Å². The molecule has 1 saturated heterocycles. The molecule has 1 aliphatic rings. The van der Waals surface area contributed by atoms with Crippen LogP contribution in [-0.4, -0.2) is 40.1 Å². The van der Waals surface area contributed by atoms with Gasteiger partial charge >= 0.3 is 5.97 Å². The van der Waals surface area contributed by atoms with E-state index in [2.05, 4.69) is 5.16 Å². The second-order valence-corrected chi connectivity index (χ2v) is 2.47. The van der Waals surface area contributed by atoms with Crippen molar-refractivity contribution < 1.29 is 15.1 Å². The van der Waals surface area contributed by atoms with Crippen LogP contribution in [0.4, 0.5) is 0 Å². The number of carboxylic acids is 1. The minimum Gasteiger partial charge on any atom is -0.480 e. The molecule has 5 nitrogen and oxygen atoms in total. The summed E-state index contributed by atoms with van der Waals surface area (Å²) in [7, 11) is 0. The second kappa shape index (κ2) is 3.23. The summed E-state index contributed by atoms with van der Waals surface area (Å²) in [4.78, 5) is 12.0. The van der Waals surface area contributed by atoms with Gasteiger partial charge in [0.1, 0.15) is 12.4 Å². The molecule has 1 atom stereocenters. The monoisotopic (exact) mass is 158 g/mol. The number of rotatable bonds is 2. The second-order valence-electron chi connectivity index (χ2n) is 2.47. The Morgan fingerprint density at radius 1 is 1.73 bits per heavy atom. The standard InChI is InChI=1S/C6H10N2O3/c9-6(10)5-2-1-3-8(5)4-7-11/h4-5,11H,1-3H2,(H,9,10)/b7-4+.